The molecule has 9 nitrogen and oxygen atoms in total. The number of azide groups is 1. The lowest BCUT2D eigenvalue weighted by Crippen LogP contribution is -2.68. The first-order valence-electron chi connectivity index (χ1n) is 18.6. The number of aliphatic imine (C=N–C) groups is 1. The molecule has 5 aromatic rings. The van der Waals surface area contributed by atoms with Crippen LogP contribution in [-0.2, 0) is 36.6 Å². The molecule has 0 N–H and O–H groups in total. The maximum Gasteiger partial charge on any atom is 0.468 e. The Labute approximate surface area is 331 Å². The van der Waals surface area contributed by atoms with Gasteiger partial charge >= 0.3 is 6.18 Å². The topological polar surface area (TPSA) is 107 Å². The second-order valence-corrected chi connectivity index (χ2v) is 18.9. The molecule has 1 aliphatic rings. The van der Waals surface area contributed by atoms with Gasteiger partial charge in [-0.25, -0.2) is 4.99 Å². The van der Waals surface area contributed by atoms with Gasteiger partial charge in [0.05, 0.1) is 25.5 Å². The van der Waals surface area contributed by atoms with Gasteiger partial charge in [0.25, 0.3) is 14.2 Å². The molecule has 1 unspecified atom stereocenters. The molecule has 13 heteroatoms. The van der Waals surface area contributed by atoms with E-state index in [2.05, 4.69) is 35.8 Å². The Hall–Kier alpha value is -5.27. The summed E-state index contributed by atoms with van der Waals surface area (Å²) in [5.41, 5.74) is 11.5. The van der Waals surface area contributed by atoms with Gasteiger partial charge in [-0.3, -0.25) is 0 Å². The van der Waals surface area contributed by atoms with Crippen molar-refractivity contribution >= 4 is 30.3 Å². The molecule has 0 saturated carbocycles. The van der Waals surface area contributed by atoms with E-state index in [1.807, 2.05) is 121 Å². The Morgan fingerprint density at radius 1 is 0.684 bits per heavy atom. The maximum absolute atomic E-state index is 14.7. The number of ether oxygens (including phenoxy) is 4. The van der Waals surface area contributed by atoms with E-state index in [4.69, 9.17) is 23.4 Å². The number of rotatable bonds is 14. The standard InChI is InChI=1S/C44H45F3N4O5Si/c1-43(2,3)57(35-25-15-7-16-26-35,36-27-17-8-18-28-36)54-31-37-39(52-29-32-19-9-4-10-20-32)40(53-30-33-21-11-5-12-22-33)38(50-51-48)41(55-37)56-42(44(45,46)47)49-34-23-13-6-14-24-34/h4-28,37-41H,29-31H2,1-3H3/t37-,38-,39-,40-,41?/m1/s1. The van der Waals surface area contributed by atoms with Gasteiger partial charge in [-0.1, -0.05) is 165 Å². The highest BCUT2D eigenvalue weighted by Crippen LogP contribution is 2.39. The number of para-hydroxylation sites is 1. The molecule has 1 saturated heterocycles. The van der Waals surface area contributed by atoms with Crippen LogP contribution in [0.5, 0.6) is 0 Å². The van der Waals surface area contributed by atoms with E-state index in [1.165, 1.54) is 12.1 Å². The first-order valence-corrected chi connectivity index (χ1v) is 20.5. The Morgan fingerprint density at radius 3 is 1.60 bits per heavy atom. The van der Waals surface area contributed by atoms with Crippen molar-refractivity contribution in [1.29, 1.82) is 0 Å². The number of benzene rings is 5. The largest absolute Gasteiger partial charge is 0.468 e. The molecule has 1 heterocycles. The van der Waals surface area contributed by atoms with E-state index < -0.39 is 56.1 Å². The zero-order valence-corrected chi connectivity index (χ0v) is 32.9. The molecule has 0 amide bonds. The summed E-state index contributed by atoms with van der Waals surface area (Å²) in [7, 11) is -3.21. The average molecular weight is 795 g/mol. The predicted molar refractivity (Wildman–Crippen MR) is 216 cm³/mol. The Balaban J connectivity index is 1.46. The monoisotopic (exact) mass is 794 g/mol. The van der Waals surface area contributed by atoms with Crippen LogP contribution in [0.4, 0.5) is 18.9 Å². The molecule has 0 aromatic heterocycles. The van der Waals surface area contributed by atoms with E-state index in [0.717, 1.165) is 21.5 Å². The molecule has 6 rings (SSSR count). The van der Waals surface area contributed by atoms with Crippen LogP contribution in [0.1, 0.15) is 31.9 Å². The van der Waals surface area contributed by atoms with Crippen molar-refractivity contribution < 1.29 is 36.5 Å². The summed E-state index contributed by atoms with van der Waals surface area (Å²) in [6.07, 6.45) is -10.1. The molecule has 1 fully saturated rings. The molecule has 0 bridgehead atoms. The van der Waals surface area contributed by atoms with Crippen molar-refractivity contribution in [3.05, 3.63) is 173 Å². The highest BCUT2D eigenvalue weighted by atomic mass is 28.4. The fourth-order valence-electron chi connectivity index (χ4n) is 7.09. The van der Waals surface area contributed by atoms with Crippen molar-refractivity contribution in [2.45, 2.75) is 75.8 Å². The van der Waals surface area contributed by atoms with E-state index in [1.54, 1.807) is 18.2 Å². The summed E-state index contributed by atoms with van der Waals surface area (Å²) in [5.74, 6) is -1.58. The van der Waals surface area contributed by atoms with Gasteiger partial charge in [-0.05, 0) is 44.2 Å². The maximum atomic E-state index is 14.7. The molecule has 57 heavy (non-hydrogen) atoms. The zero-order chi connectivity index (χ0) is 40.3. The minimum Gasteiger partial charge on any atom is -0.444 e. The number of halogens is 3. The molecule has 1 aliphatic heterocycles. The van der Waals surface area contributed by atoms with Crippen LogP contribution >= 0.6 is 0 Å². The van der Waals surface area contributed by atoms with Crippen LogP contribution in [-0.4, -0.2) is 57.6 Å². The van der Waals surface area contributed by atoms with Gasteiger partial charge in [0, 0.05) is 4.91 Å². The fraction of sp³-hybridized carbons (Fsp3) is 0.295. The van der Waals surface area contributed by atoms with Crippen LogP contribution in [0.15, 0.2) is 162 Å². The van der Waals surface area contributed by atoms with Crippen LogP contribution in [0.3, 0.4) is 0 Å². The zero-order valence-electron chi connectivity index (χ0n) is 31.9. The third-order valence-corrected chi connectivity index (χ3v) is 14.7. The van der Waals surface area contributed by atoms with Gasteiger partial charge in [0.15, 0.2) is 0 Å². The summed E-state index contributed by atoms with van der Waals surface area (Å²) < 4.78 is 76.9. The number of hydrogen-bond acceptors (Lipinski definition) is 7. The second kappa shape index (κ2) is 18.8. The number of hydrogen-bond donors (Lipinski definition) is 0. The Kier molecular flexibility index (Phi) is 13.6. The molecule has 0 radical (unpaired) electrons. The third-order valence-electron chi connectivity index (χ3n) is 9.71. The Morgan fingerprint density at radius 2 is 1.14 bits per heavy atom. The molecule has 5 atom stereocenters. The minimum atomic E-state index is -5.04. The molecular weight excluding hydrogens is 750 g/mol. The van der Waals surface area contributed by atoms with E-state index in [0.29, 0.717) is 0 Å². The summed E-state index contributed by atoms with van der Waals surface area (Å²) in [5, 5.41) is 5.50. The molecule has 0 spiro atoms. The summed E-state index contributed by atoms with van der Waals surface area (Å²) in [6.45, 7) is 6.33. The lowest BCUT2D eigenvalue weighted by atomic mass is 9.96. The van der Waals surface area contributed by atoms with Crippen LogP contribution in [0.2, 0.25) is 5.04 Å². The summed E-state index contributed by atoms with van der Waals surface area (Å²) in [6, 6.07) is 44.8. The average Bonchev–Trinajstić information content (AvgIpc) is 3.21. The highest BCUT2D eigenvalue weighted by Gasteiger charge is 2.54. The first kappa shape index (κ1) is 41.4. The highest BCUT2D eigenvalue weighted by molar-refractivity contribution is 6.99. The number of alkyl halides is 3. The predicted octanol–water partition coefficient (Wildman–Crippen LogP) is 9.45. The fourth-order valence-corrected chi connectivity index (χ4v) is 11.7. The smallest absolute Gasteiger partial charge is 0.444 e. The molecule has 5 aromatic carbocycles. The second-order valence-electron chi connectivity index (χ2n) is 14.6. The molecule has 0 aliphatic carbocycles. The van der Waals surface area contributed by atoms with E-state index >= 15 is 0 Å². The third kappa shape index (κ3) is 10.2. The van der Waals surface area contributed by atoms with Gasteiger partial charge in [0.2, 0.25) is 6.29 Å². The van der Waals surface area contributed by atoms with Crippen LogP contribution in [0, 0.1) is 0 Å². The number of nitrogens with zero attached hydrogens (tertiary/aromatic N) is 4. The van der Waals surface area contributed by atoms with Crippen molar-refractivity contribution in [3.63, 3.8) is 0 Å². The van der Waals surface area contributed by atoms with E-state index in [9.17, 15) is 18.7 Å². The van der Waals surface area contributed by atoms with Crippen molar-refractivity contribution in [1.82, 2.24) is 0 Å². The normalized spacial score (nSPS) is 20.4. The van der Waals surface area contributed by atoms with Crippen LogP contribution in [0.25, 0.3) is 10.4 Å². The lowest BCUT2D eigenvalue weighted by molar-refractivity contribution is -0.269. The van der Waals surface area contributed by atoms with Gasteiger partial charge in [0.1, 0.15) is 24.4 Å². The first-order chi connectivity index (χ1) is 27.5. The summed E-state index contributed by atoms with van der Waals surface area (Å²) >= 11 is 0. The van der Waals surface area contributed by atoms with Crippen molar-refractivity contribution in [2.75, 3.05) is 6.61 Å². The summed E-state index contributed by atoms with van der Waals surface area (Å²) in [4.78, 5) is 6.84. The van der Waals surface area contributed by atoms with Gasteiger partial charge < -0.3 is 23.4 Å². The lowest BCUT2D eigenvalue weighted by Gasteiger charge is -2.47. The molecular formula is C44H45F3N4O5Si. The minimum absolute atomic E-state index is 0.00786. The van der Waals surface area contributed by atoms with Gasteiger partial charge in [-0.15, -0.1) is 0 Å². The Bertz CT molecular complexity index is 2030. The van der Waals surface area contributed by atoms with Crippen molar-refractivity contribution in [2.24, 2.45) is 10.1 Å². The van der Waals surface area contributed by atoms with E-state index in [-0.39, 0.29) is 25.5 Å². The molecule has 296 valence electrons. The van der Waals surface area contributed by atoms with Crippen molar-refractivity contribution in [3.8, 4) is 0 Å². The quantitative estimate of drug-likeness (QED) is 0.0278. The SMILES string of the molecule is CC(C)(C)[Si](OC[C@H]1OC(OC(=Nc2ccccc2)C(F)(F)F)[C@H](N=[N+]=[N-])[C@@H](OCc2ccccc2)[C@@H]1OCc1ccccc1)(c1ccccc1)c1ccccc1. The van der Waals surface area contributed by atoms with Crippen LogP contribution < -0.4 is 10.4 Å². The van der Waals surface area contributed by atoms with Gasteiger partial charge in [-0.2, -0.15) is 13.2 Å².